The molecule has 0 amide bonds. The number of nitrogens with one attached hydrogen (secondary N) is 1. The lowest BCUT2D eigenvalue weighted by molar-refractivity contribution is -0.142. The van der Waals surface area contributed by atoms with Crippen LogP contribution in [-0.2, 0) is 6.54 Å². The number of anilines is 1. The Morgan fingerprint density at radius 1 is 1.30 bits per heavy atom. The van der Waals surface area contributed by atoms with E-state index in [0.29, 0.717) is 42.0 Å². The van der Waals surface area contributed by atoms with Crippen molar-refractivity contribution in [1.82, 2.24) is 25.0 Å². The molecule has 0 spiro atoms. The second-order valence-corrected chi connectivity index (χ2v) is 8.09. The van der Waals surface area contributed by atoms with E-state index in [1.165, 1.54) is 19.2 Å². The summed E-state index contributed by atoms with van der Waals surface area (Å²) in [5, 5.41) is 9.97. The van der Waals surface area contributed by atoms with Crippen molar-refractivity contribution in [3.8, 4) is 17.0 Å². The molecule has 1 saturated heterocycles. The summed E-state index contributed by atoms with van der Waals surface area (Å²) < 4.78 is 59.5. The number of pyridine rings is 1. The highest BCUT2D eigenvalue weighted by molar-refractivity contribution is 6.33. The van der Waals surface area contributed by atoms with Crippen LogP contribution in [0.15, 0.2) is 23.1 Å². The molecule has 1 aliphatic heterocycles. The van der Waals surface area contributed by atoms with E-state index in [4.69, 9.17) is 16.3 Å². The van der Waals surface area contributed by atoms with Gasteiger partial charge in [-0.15, -0.1) is 0 Å². The Morgan fingerprint density at radius 3 is 2.79 bits per heavy atom. The minimum Gasteiger partial charge on any atom is -0.472 e. The number of aromatic nitrogens is 5. The highest BCUT2D eigenvalue weighted by Gasteiger charge is 2.31. The molecule has 3 aromatic rings. The quantitative estimate of drug-likeness (QED) is 0.437. The summed E-state index contributed by atoms with van der Waals surface area (Å²) in [7, 11) is 0. The molecule has 4 rings (SSSR count). The van der Waals surface area contributed by atoms with Crippen molar-refractivity contribution < 1.29 is 22.3 Å². The smallest absolute Gasteiger partial charge is 0.408 e. The third-order valence-electron chi connectivity index (χ3n) is 5.32. The largest absolute Gasteiger partial charge is 0.472 e. The number of hydrogen-bond donors (Lipinski definition) is 1. The van der Waals surface area contributed by atoms with Crippen LogP contribution < -0.4 is 15.2 Å². The Morgan fingerprint density at radius 2 is 2.06 bits per heavy atom. The summed E-state index contributed by atoms with van der Waals surface area (Å²) in [6.45, 7) is 2.70. The van der Waals surface area contributed by atoms with Gasteiger partial charge in [0.2, 0.25) is 11.8 Å². The molecule has 176 valence electrons. The van der Waals surface area contributed by atoms with Crippen LogP contribution >= 0.6 is 11.6 Å². The zero-order chi connectivity index (χ0) is 23.9. The number of nitrogens with zero attached hydrogens (tertiary/aromatic N) is 5. The summed E-state index contributed by atoms with van der Waals surface area (Å²) in [5.41, 5.74) is 1.24. The molecule has 0 aliphatic carbocycles. The lowest BCUT2D eigenvalue weighted by Crippen LogP contribution is -2.26. The first-order valence-electron chi connectivity index (χ1n) is 9.95. The molecule has 1 fully saturated rings. The van der Waals surface area contributed by atoms with Crippen molar-refractivity contribution in [2.75, 3.05) is 18.0 Å². The van der Waals surface area contributed by atoms with Crippen LogP contribution in [0.4, 0.5) is 23.2 Å². The molecular weight excluding hydrogens is 468 g/mol. The van der Waals surface area contributed by atoms with Gasteiger partial charge in [-0.3, -0.25) is 9.48 Å². The van der Waals surface area contributed by atoms with Crippen LogP contribution in [-0.4, -0.2) is 50.3 Å². The third-order valence-corrected chi connectivity index (χ3v) is 5.69. The predicted molar refractivity (Wildman–Crippen MR) is 112 cm³/mol. The van der Waals surface area contributed by atoms with Gasteiger partial charge in [0.25, 0.3) is 5.56 Å². The molecule has 0 aromatic carbocycles. The second-order valence-electron chi connectivity index (χ2n) is 7.71. The van der Waals surface area contributed by atoms with Crippen LogP contribution in [0.2, 0.25) is 5.02 Å². The zero-order valence-electron chi connectivity index (χ0n) is 17.6. The summed E-state index contributed by atoms with van der Waals surface area (Å²) in [6, 6.07) is 2.60. The summed E-state index contributed by atoms with van der Waals surface area (Å²) >= 11 is 6.06. The van der Waals surface area contributed by atoms with E-state index in [0.717, 1.165) is 10.7 Å². The lowest BCUT2D eigenvalue weighted by Gasteiger charge is -2.19. The maximum Gasteiger partial charge on any atom is 0.408 e. The van der Waals surface area contributed by atoms with Gasteiger partial charge in [-0.25, -0.2) is 5.10 Å². The van der Waals surface area contributed by atoms with Gasteiger partial charge in [0, 0.05) is 36.4 Å². The zero-order valence-corrected chi connectivity index (χ0v) is 18.3. The molecule has 8 nitrogen and oxygen atoms in total. The molecule has 4 heterocycles. The average Bonchev–Trinajstić information content (AvgIpc) is 3.26. The second kappa shape index (κ2) is 8.65. The first-order valence-corrected chi connectivity index (χ1v) is 10.3. The topological polar surface area (TPSA) is 88.9 Å². The van der Waals surface area contributed by atoms with Gasteiger partial charge in [-0.2, -0.15) is 32.7 Å². The van der Waals surface area contributed by atoms with E-state index < -0.39 is 24.2 Å². The summed E-state index contributed by atoms with van der Waals surface area (Å²) in [4.78, 5) is 17.3. The monoisotopic (exact) mass is 486 g/mol. The minimum absolute atomic E-state index is 0.00523. The fourth-order valence-electron chi connectivity index (χ4n) is 3.92. The summed E-state index contributed by atoms with van der Waals surface area (Å²) in [6.07, 6.45) is -2.82. The fraction of sp³-hybridized carbons (Fsp3) is 0.400. The van der Waals surface area contributed by atoms with E-state index in [-0.39, 0.29) is 22.7 Å². The number of hydrogen-bond acceptors (Lipinski definition) is 6. The van der Waals surface area contributed by atoms with Crippen molar-refractivity contribution in [2.24, 2.45) is 0 Å². The third kappa shape index (κ3) is 4.95. The number of alkyl halides is 3. The van der Waals surface area contributed by atoms with Gasteiger partial charge in [-0.05, 0) is 19.4 Å². The van der Waals surface area contributed by atoms with Crippen molar-refractivity contribution in [2.45, 2.75) is 39.1 Å². The molecule has 0 bridgehead atoms. The van der Waals surface area contributed by atoms with Crippen molar-refractivity contribution in [3.05, 3.63) is 51.0 Å². The van der Waals surface area contributed by atoms with Gasteiger partial charge in [0.1, 0.15) is 17.7 Å². The van der Waals surface area contributed by atoms with Gasteiger partial charge >= 0.3 is 6.18 Å². The van der Waals surface area contributed by atoms with E-state index in [2.05, 4.69) is 20.3 Å². The molecule has 1 N–H and O–H groups in total. The number of aryl methyl sites for hydroxylation is 1. The molecule has 1 atom stereocenters. The molecule has 13 heteroatoms. The number of H-pyrrole nitrogens is 1. The van der Waals surface area contributed by atoms with Crippen molar-refractivity contribution >= 4 is 17.3 Å². The van der Waals surface area contributed by atoms with Gasteiger partial charge in [0.15, 0.2) is 0 Å². The van der Waals surface area contributed by atoms with Gasteiger partial charge in [-0.1, -0.05) is 11.6 Å². The Hall–Kier alpha value is -3.15. The maximum atomic E-state index is 14.3. The molecule has 0 saturated carbocycles. The standard InChI is InChI=1S/C20H19ClF4N6O2/c1-10-17(11(2)31(29-10)9-20(23,24)25)12-5-15(22)27-16(6-12)33-13-3-4-30(8-13)14-7-26-28-19(32)18(14)21/h5-7,13H,3-4,8-9H2,1-2H3,(H,28,32)/t13-/m1/s1. The molecule has 3 aromatic heterocycles. The minimum atomic E-state index is -4.44. The van der Waals surface area contributed by atoms with E-state index in [1.807, 2.05) is 4.90 Å². The molecule has 1 aliphatic rings. The first-order chi connectivity index (χ1) is 15.5. The van der Waals surface area contributed by atoms with E-state index in [1.54, 1.807) is 6.92 Å². The Labute approximate surface area is 190 Å². The highest BCUT2D eigenvalue weighted by Crippen LogP contribution is 2.32. The Kier molecular flexibility index (Phi) is 6.04. The predicted octanol–water partition coefficient (Wildman–Crippen LogP) is 3.66. The maximum absolute atomic E-state index is 14.3. The number of rotatable bonds is 5. The fourth-order valence-corrected chi connectivity index (χ4v) is 4.14. The van der Waals surface area contributed by atoms with Crippen LogP contribution in [0.3, 0.4) is 0 Å². The lowest BCUT2D eigenvalue weighted by atomic mass is 10.1. The average molecular weight is 487 g/mol. The van der Waals surface area contributed by atoms with Crippen LogP contribution in [0.5, 0.6) is 5.88 Å². The van der Waals surface area contributed by atoms with E-state index >= 15 is 0 Å². The van der Waals surface area contributed by atoms with Crippen LogP contribution in [0.25, 0.3) is 11.1 Å². The first kappa shape index (κ1) is 23.0. The molecular formula is C20H19ClF4N6O2. The van der Waals surface area contributed by atoms with E-state index in [9.17, 15) is 22.4 Å². The Bertz CT molecular complexity index is 1240. The molecule has 33 heavy (non-hydrogen) atoms. The van der Waals surface area contributed by atoms with Crippen molar-refractivity contribution in [3.63, 3.8) is 0 Å². The summed E-state index contributed by atoms with van der Waals surface area (Å²) in [5.74, 6) is -0.837. The van der Waals surface area contributed by atoms with Crippen LogP contribution in [0, 0.1) is 19.8 Å². The van der Waals surface area contributed by atoms with Gasteiger partial charge in [0.05, 0.1) is 24.1 Å². The highest BCUT2D eigenvalue weighted by atomic mass is 35.5. The normalized spacial score (nSPS) is 16.5. The molecule has 0 radical (unpaired) electrons. The van der Waals surface area contributed by atoms with Gasteiger partial charge < -0.3 is 9.64 Å². The van der Waals surface area contributed by atoms with Crippen LogP contribution in [0.1, 0.15) is 17.8 Å². The number of halogens is 5. The number of aromatic amines is 1. The van der Waals surface area contributed by atoms with Crippen molar-refractivity contribution in [1.29, 1.82) is 0 Å². The Balaban J connectivity index is 1.56. The molecule has 0 unspecified atom stereocenters. The SMILES string of the molecule is Cc1nn(CC(F)(F)F)c(C)c1-c1cc(F)nc(O[C@@H]2CCN(c3cn[nH]c(=O)c3Cl)C2)c1. The number of ether oxygens (including phenoxy) is 1.